The number of nitrogens with two attached hydrogens (primary N) is 1. The number of benzene rings is 4. The normalized spacial score (nSPS) is 10.9. The summed E-state index contributed by atoms with van der Waals surface area (Å²) in [5.41, 5.74) is 9.37. The van der Waals surface area contributed by atoms with Gasteiger partial charge in [0.05, 0.1) is 17.8 Å². The van der Waals surface area contributed by atoms with Gasteiger partial charge in [0.25, 0.3) is 5.91 Å². The highest BCUT2D eigenvalue weighted by Gasteiger charge is 2.13. The molecule has 3 N–H and O–H groups in total. The minimum Gasteiger partial charge on any atom is -0.420 e. The summed E-state index contributed by atoms with van der Waals surface area (Å²) in [4.78, 5) is 12.5. The Morgan fingerprint density at radius 2 is 1.59 bits per heavy atom. The van der Waals surface area contributed by atoms with Crippen LogP contribution in [0.1, 0.15) is 21.8 Å². The van der Waals surface area contributed by atoms with E-state index in [4.69, 9.17) is 10.2 Å². The summed E-state index contributed by atoms with van der Waals surface area (Å²) in [6.45, 7) is 0. The van der Waals surface area contributed by atoms with E-state index in [1.165, 1.54) is 10.8 Å². The van der Waals surface area contributed by atoms with Crippen molar-refractivity contribution in [1.82, 2.24) is 10.2 Å². The number of carbonyl (C=O) groups excluding carboxylic acids is 1. The van der Waals surface area contributed by atoms with Crippen molar-refractivity contribution < 1.29 is 9.21 Å². The molecule has 6 heteroatoms. The smallest absolute Gasteiger partial charge is 0.255 e. The molecule has 0 radical (unpaired) electrons. The Balaban J connectivity index is 1.32. The summed E-state index contributed by atoms with van der Waals surface area (Å²) in [6.07, 6.45) is 0.549. The average molecular weight is 420 g/mol. The lowest BCUT2D eigenvalue weighted by atomic mass is 10.0. The number of nitrogens with one attached hydrogen (secondary N) is 1. The van der Waals surface area contributed by atoms with Crippen LogP contribution in [-0.4, -0.2) is 16.1 Å². The molecule has 0 aliphatic heterocycles. The van der Waals surface area contributed by atoms with Crippen LogP contribution in [-0.2, 0) is 6.42 Å². The van der Waals surface area contributed by atoms with Crippen molar-refractivity contribution in [2.45, 2.75) is 6.42 Å². The van der Waals surface area contributed by atoms with E-state index in [1.807, 2.05) is 30.3 Å². The first kappa shape index (κ1) is 19.5. The lowest BCUT2D eigenvalue weighted by molar-refractivity contribution is 0.102. The van der Waals surface area contributed by atoms with E-state index in [-0.39, 0.29) is 5.91 Å². The molecule has 1 amide bonds. The Morgan fingerprint density at radius 3 is 2.44 bits per heavy atom. The highest BCUT2D eigenvalue weighted by Crippen LogP contribution is 2.24. The fourth-order valence-corrected chi connectivity index (χ4v) is 3.62. The molecule has 5 aromatic rings. The van der Waals surface area contributed by atoms with Gasteiger partial charge in [-0.05, 0) is 52.7 Å². The summed E-state index contributed by atoms with van der Waals surface area (Å²) < 4.78 is 5.89. The summed E-state index contributed by atoms with van der Waals surface area (Å²) >= 11 is 0. The number of nitrogens with zero attached hydrogens (tertiary/aromatic N) is 2. The van der Waals surface area contributed by atoms with E-state index in [2.05, 4.69) is 39.8 Å². The molecule has 0 atom stereocenters. The van der Waals surface area contributed by atoms with Gasteiger partial charge in [0.1, 0.15) is 0 Å². The predicted octanol–water partition coefficient (Wildman–Crippen LogP) is 5.32. The number of hydrogen-bond acceptors (Lipinski definition) is 5. The molecule has 0 saturated carbocycles. The fraction of sp³-hybridized carbons (Fsp3) is 0.0385. The van der Waals surface area contributed by atoms with Gasteiger partial charge in [-0.25, -0.2) is 0 Å². The fourth-order valence-electron chi connectivity index (χ4n) is 3.62. The van der Waals surface area contributed by atoms with Gasteiger partial charge in [-0.1, -0.05) is 54.6 Å². The lowest BCUT2D eigenvalue weighted by Crippen LogP contribution is -2.12. The van der Waals surface area contributed by atoms with Crippen molar-refractivity contribution in [1.29, 1.82) is 0 Å². The second-order valence-electron chi connectivity index (χ2n) is 7.43. The van der Waals surface area contributed by atoms with E-state index in [0.29, 0.717) is 35.1 Å². The van der Waals surface area contributed by atoms with Gasteiger partial charge >= 0.3 is 0 Å². The molecule has 0 spiro atoms. The van der Waals surface area contributed by atoms with Crippen LogP contribution < -0.4 is 11.1 Å². The van der Waals surface area contributed by atoms with Gasteiger partial charge in [0, 0.05) is 11.1 Å². The molecule has 4 aromatic carbocycles. The van der Waals surface area contributed by atoms with Crippen molar-refractivity contribution in [3.8, 4) is 11.5 Å². The average Bonchev–Trinajstić information content (AvgIpc) is 3.29. The molecular formula is C26H20N4O2. The highest BCUT2D eigenvalue weighted by atomic mass is 16.4. The van der Waals surface area contributed by atoms with Crippen LogP contribution in [0.3, 0.4) is 0 Å². The summed E-state index contributed by atoms with van der Waals surface area (Å²) in [5.74, 6) is 0.717. The summed E-state index contributed by atoms with van der Waals surface area (Å²) in [7, 11) is 0. The van der Waals surface area contributed by atoms with Gasteiger partial charge in [-0.2, -0.15) is 0 Å². The molecule has 0 aliphatic rings. The van der Waals surface area contributed by atoms with Crippen LogP contribution >= 0.6 is 0 Å². The molecule has 156 valence electrons. The second-order valence-corrected chi connectivity index (χ2v) is 7.43. The third-order valence-corrected chi connectivity index (χ3v) is 5.29. The maximum atomic E-state index is 12.5. The SMILES string of the molecule is Nc1ccccc1NC(=O)c1ccc(-c2nnc(Cc3cccc4ccccc34)o2)cc1. The molecule has 0 aliphatic carbocycles. The molecule has 0 bridgehead atoms. The topological polar surface area (TPSA) is 94.0 Å². The Morgan fingerprint density at radius 1 is 0.844 bits per heavy atom. The molecule has 0 saturated heterocycles. The highest BCUT2D eigenvalue weighted by molar-refractivity contribution is 6.05. The quantitative estimate of drug-likeness (QED) is 0.376. The number of carbonyl (C=O) groups is 1. The number of anilines is 2. The molecule has 6 nitrogen and oxygen atoms in total. The van der Waals surface area contributed by atoms with E-state index in [0.717, 1.165) is 11.1 Å². The Hall–Kier alpha value is -4.45. The zero-order chi connectivity index (χ0) is 21.9. The minimum absolute atomic E-state index is 0.239. The van der Waals surface area contributed by atoms with Crippen molar-refractivity contribution in [3.63, 3.8) is 0 Å². The Labute approximate surface area is 184 Å². The van der Waals surface area contributed by atoms with Crippen molar-refractivity contribution in [3.05, 3.63) is 108 Å². The first-order valence-electron chi connectivity index (χ1n) is 10.2. The largest absolute Gasteiger partial charge is 0.420 e. The van der Waals surface area contributed by atoms with E-state index in [9.17, 15) is 4.79 Å². The number of rotatable bonds is 5. The maximum Gasteiger partial charge on any atom is 0.255 e. The standard InChI is InChI=1S/C26H20N4O2/c27-22-10-3-4-11-23(22)28-25(31)18-12-14-19(15-13-18)26-30-29-24(32-26)16-20-8-5-7-17-6-1-2-9-21(17)20/h1-15H,16,27H2,(H,28,31). The van der Waals surface area contributed by atoms with Crippen molar-refractivity contribution in [2.24, 2.45) is 0 Å². The van der Waals surface area contributed by atoms with Crippen molar-refractivity contribution >= 4 is 28.1 Å². The van der Waals surface area contributed by atoms with Gasteiger partial charge in [0.15, 0.2) is 0 Å². The van der Waals surface area contributed by atoms with Crippen molar-refractivity contribution in [2.75, 3.05) is 11.1 Å². The van der Waals surface area contributed by atoms with Crippen LogP contribution in [0.25, 0.3) is 22.2 Å². The first-order valence-corrected chi connectivity index (χ1v) is 10.2. The maximum absolute atomic E-state index is 12.5. The van der Waals surface area contributed by atoms with Crippen LogP contribution in [0, 0.1) is 0 Å². The van der Waals surface area contributed by atoms with E-state index in [1.54, 1.807) is 36.4 Å². The number of aromatic nitrogens is 2. The van der Waals surface area contributed by atoms with Gasteiger partial charge in [0.2, 0.25) is 11.8 Å². The number of nitrogen functional groups attached to an aromatic ring is 1. The number of amides is 1. The van der Waals surface area contributed by atoms with Crippen LogP contribution in [0.2, 0.25) is 0 Å². The Bertz CT molecular complexity index is 1400. The molecular weight excluding hydrogens is 400 g/mol. The third-order valence-electron chi connectivity index (χ3n) is 5.29. The second kappa shape index (κ2) is 8.35. The first-order chi connectivity index (χ1) is 15.7. The third kappa shape index (κ3) is 3.94. The molecule has 32 heavy (non-hydrogen) atoms. The Kier molecular flexibility index (Phi) is 5.09. The number of para-hydroxylation sites is 2. The molecule has 5 rings (SSSR count). The predicted molar refractivity (Wildman–Crippen MR) is 125 cm³/mol. The van der Waals surface area contributed by atoms with Gasteiger partial charge in [-0.15, -0.1) is 10.2 Å². The van der Waals surface area contributed by atoms with Gasteiger partial charge in [-0.3, -0.25) is 4.79 Å². The van der Waals surface area contributed by atoms with Crippen LogP contribution in [0.5, 0.6) is 0 Å². The molecule has 0 fully saturated rings. The molecule has 1 aromatic heterocycles. The van der Waals surface area contributed by atoms with E-state index < -0.39 is 0 Å². The van der Waals surface area contributed by atoms with E-state index >= 15 is 0 Å². The zero-order valence-electron chi connectivity index (χ0n) is 17.2. The summed E-state index contributed by atoms with van der Waals surface area (Å²) in [6, 6.07) is 28.6. The number of hydrogen-bond donors (Lipinski definition) is 2. The zero-order valence-corrected chi connectivity index (χ0v) is 17.2. The number of fused-ring (bicyclic) bond motifs is 1. The van der Waals surface area contributed by atoms with Crippen LogP contribution in [0.4, 0.5) is 11.4 Å². The lowest BCUT2D eigenvalue weighted by Gasteiger charge is -2.08. The monoisotopic (exact) mass is 420 g/mol. The molecule has 1 heterocycles. The molecule has 0 unspecified atom stereocenters. The van der Waals surface area contributed by atoms with Gasteiger partial charge < -0.3 is 15.5 Å². The summed E-state index contributed by atoms with van der Waals surface area (Å²) in [5, 5.41) is 13.6. The van der Waals surface area contributed by atoms with Crippen LogP contribution in [0.15, 0.2) is 95.4 Å². The minimum atomic E-state index is -0.239.